The Balaban J connectivity index is 2.42. The van der Waals surface area contributed by atoms with Crippen molar-refractivity contribution in [1.82, 2.24) is 10.3 Å². The van der Waals surface area contributed by atoms with E-state index in [1.807, 2.05) is 24.3 Å². The van der Waals surface area contributed by atoms with Gasteiger partial charge in [0.15, 0.2) is 0 Å². The van der Waals surface area contributed by atoms with Crippen molar-refractivity contribution in [2.75, 3.05) is 6.54 Å². The molecule has 102 valence electrons. The number of hydrogen-bond donors (Lipinski definition) is 2. The summed E-state index contributed by atoms with van der Waals surface area (Å²) in [5.74, 6) is -0.740. The number of nitriles is 1. The summed E-state index contributed by atoms with van der Waals surface area (Å²) in [5, 5.41) is 12.2. The largest absolute Gasteiger partial charge is 0.351 e. The summed E-state index contributed by atoms with van der Waals surface area (Å²) in [6, 6.07) is 9.36. The van der Waals surface area contributed by atoms with Crippen molar-refractivity contribution >= 4 is 16.8 Å². The van der Waals surface area contributed by atoms with Crippen LogP contribution in [0.2, 0.25) is 0 Å². The van der Waals surface area contributed by atoms with Gasteiger partial charge in [0.2, 0.25) is 0 Å². The summed E-state index contributed by atoms with van der Waals surface area (Å²) < 4.78 is 0. The van der Waals surface area contributed by atoms with Crippen LogP contribution in [-0.4, -0.2) is 17.4 Å². The molecule has 1 aromatic heterocycles. The Bertz CT molecular complexity index is 756. The number of aromatic amines is 1. The molecule has 5 nitrogen and oxygen atoms in total. The van der Waals surface area contributed by atoms with Crippen LogP contribution in [0.1, 0.15) is 22.8 Å². The third kappa shape index (κ3) is 2.54. The summed E-state index contributed by atoms with van der Waals surface area (Å²) in [6.45, 7) is 3.68. The number of H-pyrrole nitrogens is 1. The molecule has 20 heavy (non-hydrogen) atoms. The number of carbonyl (C=O) groups is 1. The minimum Gasteiger partial charge on any atom is -0.351 e. The average Bonchev–Trinajstić information content (AvgIpc) is 2.44. The van der Waals surface area contributed by atoms with Crippen molar-refractivity contribution < 1.29 is 4.79 Å². The van der Waals surface area contributed by atoms with Crippen molar-refractivity contribution in [3.05, 3.63) is 45.7 Å². The molecule has 2 aromatic rings. The van der Waals surface area contributed by atoms with E-state index < -0.39 is 11.5 Å². The highest BCUT2D eigenvalue weighted by Gasteiger charge is 2.16. The van der Waals surface area contributed by atoms with Crippen LogP contribution in [0, 0.1) is 24.2 Å². The second-order valence-electron chi connectivity index (χ2n) is 4.74. The van der Waals surface area contributed by atoms with Crippen LogP contribution in [0.5, 0.6) is 0 Å². The molecule has 2 rings (SSSR count). The zero-order valence-electron chi connectivity index (χ0n) is 11.4. The van der Waals surface area contributed by atoms with Gasteiger partial charge in [0.1, 0.15) is 5.56 Å². The Morgan fingerprint density at radius 1 is 1.45 bits per heavy atom. The Labute approximate surface area is 116 Å². The smallest absolute Gasteiger partial charge is 0.261 e. The molecule has 5 heteroatoms. The fraction of sp³-hybridized carbons (Fsp3) is 0.267. The molecular formula is C15H15N3O2. The normalized spacial score (nSPS) is 11.8. The molecule has 0 unspecified atom stereocenters. The van der Waals surface area contributed by atoms with Crippen LogP contribution in [0.15, 0.2) is 29.1 Å². The zero-order chi connectivity index (χ0) is 14.7. The minimum absolute atomic E-state index is 0.105. The summed E-state index contributed by atoms with van der Waals surface area (Å²) in [7, 11) is 0. The van der Waals surface area contributed by atoms with Crippen LogP contribution in [-0.2, 0) is 0 Å². The van der Waals surface area contributed by atoms with Crippen LogP contribution < -0.4 is 10.9 Å². The van der Waals surface area contributed by atoms with Crippen LogP contribution in [0.25, 0.3) is 10.9 Å². The van der Waals surface area contributed by atoms with Crippen molar-refractivity contribution in [3.63, 3.8) is 0 Å². The molecule has 1 atom stereocenters. The van der Waals surface area contributed by atoms with Crippen molar-refractivity contribution in [2.24, 2.45) is 5.92 Å². The average molecular weight is 269 g/mol. The van der Waals surface area contributed by atoms with Gasteiger partial charge in [-0.25, -0.2) is 0 Å². The van der Waals surface area contributed by atoms with Gasteiger partial charge >= 0.3 is 0 Å². The van der Waals surface area contributed by atoms with Crippen molar-refractivity contribution in [2.45, 2.75) is 13.8 Å². The summed E-state index contributed by atoms with van der Waals surface area (Å²) in [6.07, 6.45) is 0. The number of amides is 1. The van der Waals surface area contributed by atoms with Gasteiger partial charge in [-0.05, 0) is 25.5 Å². The van der Waals surface area contributed by atoms with E-state index in [0.717, 1.165) is 5.39 Å². The van der Waals surface area contributed by atoms with Gasteiger partial charge in [0.05, 0.1) is 12.0 Å². The van der Waals surface area contributed by atoms with Gasteiger partial charge < -0.3 is 10.3 Å². The molecule has 0 saturated carbocycles. The molecular weight excluding hydrogens is 254 g/mol. The van der Waals surface area contributed by atoms with E-state index in [1.54, 1.807) is 19.9 Å². The topological polar surface area (TPSA) is 85.8 Å². The first-order chi connectivity index (χ1) is 9.54. The third-order valence-corrected chi connectivity index (χ3v) is 3.20. The van der Waals surface area contributed by atoms with Gasteiger partial charge in [-0.2, -0.15) is 5.26 Å². The van der Waals surface area contributed by atoms with E-state index in [4.69, 9.17) is 5.26 Å². The Kier molecular flexibility index (Phi) is 3.85. The maximum absolute atomic E-state index is 12.1. The second-order valence-corrected chi connectivity index (χ2v) is 4.74. The number of pyridine rings is 1. The lowest BCUT2D eigenvalue weighted by atomic mass is 10.0. The molecule has 2 N–H and O–H groups in total. The van der Waals surface area contributed by atoms with Crippen molar-refractivity contribution in [3.8, 4) is 6.07 Å². The van der Waals surface area contributed by atoms with E-state index in [-0.39, 0.29) is 18.0 Å². The Morgan fingerprint density at radius 2 is 2.15 bits per heavy atom. The molecule has 1 amide bonds. The molecule has 0 aliphatic heterocycles. The lowest BCUT2D eigenvalue weighted by Gasteiger charge is -2.10. The summed E-state index contributed by atoms with van der Waals surface area (Å²) in [4.78, 5) is 26.8. The highest BCUT2D eigenvalue weighted by atomic mass is 16.2. The number of rotatable bonds is 3. The summed E-state index contributed by atoms with van der Waals surface area (Å²) in [5.41, 5.74) is 1.04. The number of nitrogens with zero attached hydrogens (tertiary/aromatic N) is 1. The fourth-order valence-corrected chi connectivity index (χ4v) is 2.06. The fourth-order valence-electron chi connectivity index (χ4n) is 2.06. The molecule has 0 saturated heterocycles. The molecule has 0 spiro atoms. The number of carbonyl (C=O) groups excluding carboxylic acids is 1. The third-order valence-electron chi connectivity index (χ3n) is 3.20. The van der Waals surface area contributed by atoms with Gasteiger partial charge in [-0.15, -0.1) is 0 Å². The first-order valence-electron chi connectivity index (χ1n) is 6.34. The lowest BCUT2D eigenvalue weighted by molar-refractivity contribution is 0.0949. The number of nitrogens with one attached hydrogen (secondary N) is 2. The number of aromatic nitrogens is 1. The predicted octanol–water partition coefficient (Wildman–Crippen LogP) is 1.73. The minimum atomic E-state index is -0.448. The maximum Gasteiger partial charge on any atom is 0.261 e. The SMILES string of the molecule is Cc1c(C(=O)NC[C@H](C)C#N)c(=O)[nH]c2ccccc12. The second kappa shape index (κ2) is 5.57. The number of fused-ring (bicyclic) bond motifs is 1. The number of benzene rings is 1. The Morgan fingerprint density at radius 3 is 2.85 bits per heavy atom. The van der Waals surface area contributed by atoms with Crippen LogP contribution >= 0.6 is 0 Å². The van der Waals surface area contributed by atoms with Gasteiger partial charge in [-0.3, -0.25) is 9.59 Å². The number of hydrogen-bond acceptors (Lipinski definition) is 3. The quantitative estimate of drug-likeness (QED) is 0.889. The standard InChI is InChI=1S/C15H15N3O2/c1-9(7-16)8-17-14(19)13-10(2)11-5-3-4-6-12(11)18-15(13)20/h3-6,9H,8H2,1-2H3,(H,17,19)(H,18,20)/t9-/m1/s1. The van der Waals surface area contributed by atoms with Crippen molar-refractivity contribution in [1.29, 1.82) is 5.26 Å². The highest BCUT2D eigenvalue weighted by Crippen LogP contribution is 2.16. The molecule has 0 aliphatic rings. The molecule has 0 fully saturated rings. The number of para-hydroxylation sites is 1. The molecule has 0 radical (unpaired) electrons. The zero-order valence-corrected chi connectivity index (χ0v) is 11.4. The van der Waals surface area contributed by atoms with Crippen LogP contribution in [0.3, 0.4) is 0 Å². The predicted molar refractivity (Wildman–Crippen MR) is 76.4 cm³/mol. The first-order valence-corrected chi connectivity index (χ1v) is 6.34. The van der Waals surface area contributed by atoms with E-state index in [9.17, 15) is 9.59 Å². The van der Waals surface area contributed by atoms with Gasteiger partial charge in [0.25, 0.3) is 11.5 Å². The molecule has 0 bridgehead atoms. The van der Waals surface area contributed by atoms with Gasteiger partial charge in [-0.1, -0.05) is 18.2 Å². The monoisotopic (exact) mass is 269 g/mol. The first kappa shape index (κ1) is 13.8. The van der Waals surface area contributed by atoms with E-state index >= 15 is 0 Å². The van der Waals surface area contributed by atoms with E-state index in [1.165, 1.54) is 0 Å². The number of aryl methyl sites for hydroxylation is 1. The molecule has 1 heterocycles. The summed E-state index contributed by atoms with van der Waals surface area (Å²) >= 11 is 0. The molecule has 0 aliphatic carbocycles. The maximum atomic E-state index is 12.1. The Hall–Kier alpha value is -2.61. The van der Waals surface area contributed by atoms with Crippen LogP contribution in [0.4, 0.5) is 0 Å². The molecule has 1 aromatic carbocycles. The van der Waals surface area contributed by atoms with Gasteiger partial charge in [0, 0.05) is 17.4 Å². The van der Waals surface area contributed by atoms with E-state index in [0.29, 0.717) is 11.1 Å². The van der Waals surface area contributed by atoms with E-state index in [2.05, 4.69) is 10.3 Å². The highest BCUT2D eigenvalue weighted by molar-refractivity contribution is 5.99. The lowest BCUT2D eigenvalue weighted by Crippen LogP contribution is -2.33.